The molecule has 0 atom stereocenters. The van der Waals surface area contributed by atoms with E-state index in [1.165, 1.54) is 16.7 Å². The Balaban J connectivity index is 0.958. The van der Waals surface area contributed by atoms with Gasteiger partial charge in [0.15, 0.2) is 0 Å². The molecule has 1 aliphatic rings. The number of pyridine rings is 1. The molecular weight excluding hydrogens is 1330 g/mol. The third kappa shape index (κ3) is 11.0. The van der Waals surface area contributed by atoms with Crippen molar-refractivity contribution < 1.29 is 24.1 Å². The van der Waals surface area contributed by atoms with E-state index in [-0.39, 0.29) is 5.41 Å². The molecule has 0 aliphatic carbocycles. The van der Waals surface area contributed by atoms with Gasteiger partial charge in [0.25, 0.3) is 0 Å². The fraction of sp³-hybridized carbons (Fsp3) is 0.103. The molecule has 12 aromatic carbocycles. The number of benzene rings is 12. The molecule has 6 nitrogen and oxygen atoms in total. The van der Waals surface area contributed by atoms with Crippen molar-refractivity contribution in [2.45, 2.75) is 59.3 Å². The van der Waals surface area contributed by atoms with Crippen LogP contribution in [0.25, 0.3) is 89.2 Å². The minimum atomic E-state index is -0.394. The van der Waals surface area contributed by atoms with Gasteiger partial charge in [0, 0.05) is 23.0 Å². The number of hydrogen-bond donors (Lipinski definition) is 0. The zero-order valence-corrected chi connectivity index (χ0v) is 56.1. The van der Waals surface area contributed by atoms with E-state index in [0.717, 1.165) is 133 Å². The summed E-state index contributed by atoms with van der Waals surface area (Å²) in [5.41, 5.74) is 25.6. The number of hydrogen-bond acceptors (Lipinski definition) is 4. The van der Waals surface area contributed by atoms with Crippen LogP contribution in [-0.4, -0.2) is 14.1 Å². The molecule has 15 rings (SSSR count). The Labute approximate surface area is 562 Å². The Hall–Kier alpha value is -10.7. The topological polar surface area (TPSA) is 38.5 Å². The van der Waals surface area contributed by atoms with Crippen molar-refractivity contribution in [3.8, 4) is 89.6 Å². The van der Waals surface area contributed by atoms with Crippen molar-refractivity contribution in [2.75, 3.05) is 9.80 Å². The first-order chi connectivity index (χ1) is 45.7. The molecule has 3 heterocycles. The third-order valence-corrected chi connectivity index (χ3v) is 19.2. The molecule has 0 radical (unpaired) electrons. The second-order valence-corrected chi connectivity index (χ2v) is 27.4. The fourth-order valence-electron chi connectivity index (χ4n) is 13.5. The van der Waals surface area contributed by atoms with Gasteiger partial charge in [-0.1, -0.05) is 130 Å². The van der Waals surface area contributed by atoms with Crippen LogP contribution >= 0.6 is 0 Å². The standard InChI is InChI=1S/C87H71N5O.Pt/c1-59-52-84(88-57-75(59)64-48-46-61(47-49-64)60-28-12-8-13-29-60)92-79-51-50-65(86(2,3)4)53-73(79)71-38-20-22-42-77(71)91(66-34-18-11-19-35-66)78-43-23-21-39-72(78)74-55-76(87(5,6)7)83(56-82(74)92)93-68-37-26-36-67(54-68)89-58-90(81-45-25-24-44-80(81)89)85-69(62-30-14-9-15-31-62)40-27-41-70(85)63-32-16-10-17-33-63;/h8-57H,1-7H3;. The number of anilines is 6. The smallest absolute Gasteiger partial charge is 0.0622 e. The Morgan fingerprint density at radius 2 is 0.830 bits per heavy atom. The van der Waals surface area contributed by atoms with Gasteiger partial charge in [-0.05, 0) is 70.5 Å². The zero-order chi connectivity index (χ0) is 64.2. The van der Waals surface area contributed by atoms with Gasteiger partial charge in [-0.25, -0.2) is 0 Å². The van der Waals surface area contributed by atoms with Crippen molar-refractivity contribution in [3.63, 3.8) is 0 Å². The van der Waals surface area contributed by atoms with Gasteiger partial charge in [0.05, 0.1) is 5.69 Å². The van der Waals surface area contributed by atoms with Crippen molar-refractivity contribution >= 4 is 45.3 Å². The Morgan fingerprint density at radius 3 is 1.43 bits per heavy atom. The number of aromatic nitrogens is 3. The van der Waals surface area contributed by atoms with E-state index < -0.39 is 5.41 Å². The number of rotatable bonds is 10. The van der Waals surface area contributed by atoms with Crippen LogP contribution in [0.2, 0.25) is 0 Å². The molecular formula is C87H71N5OPt. The minimum Gasteiger partial charge on any atom is -0.0622 e. The molecule has 460 valence electrons. The first-order valence-corrected chi connectivity index (χ1v) is 33.4. The zero-order valence-electron chi connectivity index (χ0n) is 53.8. The van der Waals surface area contributed by atoms with Crippen LogP contribution in [0, 0.1) is 10.7 Å². The van der Waals surface area contributed by atoms with Crippen LogP contribution in [0.15, 0.2) is 303 Å². The molecule has 0 saturated heterocycles. The predicted octanol–water partition coefficient (Wildman–Crippen LogP) is 23.8. The fourth-order valence-corrected chi connectivity index (χ4v) is 14.6. The number of imidazole rings is 1. The summed E-state index contributed by atoms with van der Waals surface area (Å²) in [5.74, 6) is 2.24. The van der Waals surface area contributed by atoms with Crippen LogP contribution in [0.3, 0.4) is 0 Å². The molecule has 0 spiro atoms. The number of aryl methyl sites for hydroxylation is 1. The van der Waals surface area contributed by atoms with Gasteiger partial charge in [0.1, 0.15) is 0 Å². The molecule has 1 aliphatic heterocycles. The molecule has 0 unspecified atom stereocenters. The summed E-state index contributed by atoms with van der Waals surface area (Å²) in [6, 6.07) is 108. The van der Waals surface area contributed by atoms with Crippen LogP contribution in [-0.2, 0) is 30.2 Å². The summed E-state index contributed by atoms with van der Waals surface area (Å²) < 4.78 is 13.4. The first kappa shape index (κ1) is 59.6. The predicted molar refractivity (Wildman–Crippen MR) is 388 cm³/mol. The number of fused-ring (bicyclic) bond motifs is 7. The summed E-state index contributed by atoms with van der Waals surface area (Å²) in [6.45, 7) is 16.0. The molecule has 0 amide bonds. The molecule has 0 fully saturated rings. The van der Waals surface area contributed by atoms with Crippen molar-refractivity contribution in [1.82, 2.24) is 14.1 Å². The summed E-state index contributed by atoms with van der Waals surface area (Å²) in [5, 5.41) is 0. The number of nitrogens with zero attached hydrogens (tertiary/aromatic N) is 5. The van der Waals surface area contributed by atoms with E-state index >= 15 is 0 Å². The maximum atomic E-state index is 7.62. The number of para-hydroxylation sites is 6. The quantitative estimate of drug-likeness (QED) is 0.137. The van der Waals surface area contributed by atoms with E-state index in [1.807, 2.05) is 0 Å². The Morgan fingerprint density at radius 1 is 0.351 bits per heavy atom. The van der Waals surface area contributed by atoms with Gasteiger partial charge >= 0.3 is 332 Å². The summed E-state index contributed by atoms with van der Waals surface area (Å²) in [4.78, 5) is 10.4. The van der Waals surface area contributed by atoms with Gasteiger partial charge in [-0.15, -0.1) is 0 Å². The SMILES string of the molecule is Cc1cc(N2c3ccc(C(C)(C)C)cc3-c3ccccc3N(c3ccccc3)c3ccccc3-c3cc(C(C)(C)C)c(Oc4cccc(-n5[c](=[Pt])n(-c6c(-c7ccccc7)cccc6-c6ccccc6)c6ccccc65)c4)cc32)ncc1-c1ccc(-c2ccccc2)cc1. The van der Waals surface area contributed by atoms with Gasteiger partial charge < -0.3 is 4.90 Å². The second-order valence-electron chi connectivity index (χ2n) is 26.4. The van der Waals surface area contributed by atoms with Crippen molar-refractivity contribution in [1.29, 1.82) is 0 Å². The minimum absolute atomic E-state index is 0.166. The van der Waals surface area contributed by atoms with Crippen LogP contribution in [0.1, 0.15) is 58.2 Å². The Bertz CT molecular complexity index is 5160. The van der Waals surface area contributed by atoms with Crippen molar-refractivity contribution in [2.24, 2.45) is 0 Å². The van der Waals surface area contributed by atoms with Crippen LogP contribution in [0.5, 0.6) is 11.5 Å². The normalized spacial score (nSPS) is 12.2. The maximum absolute atomic E-state index is 7.62. The molecule has 0 saturated carbocycles. The van der Waals surface area contributed by atoms with E-state index in [2.05, 4.69) is 390 Å². The molecule has 94 heavy (non-hydrogen) atoms. The molecule has 14 aromatic rings. The van der Waals surface area contributed by atoms with E-state index in [4.69, 9.17) is 9.72 Å². The molecule has 0 N–H and O–H groups in total. The van der Waals surface area contributed by atoms with Gasteiger partial charge in [-0.2, -0.15) is 0 Å². The molecule has 7 heteroatoms. The second kappa shape index (κ2) is 24.4. The molecule has 0 bridgehead atoms. The third-order valence-electron chi connectivity index (χ3n) is 18.2. The van der Waals surface area contributed by atoms with Crippen molar-refractivity contribution in [3.05, 3.63) is 324 Å². The number of ether oxygens (including phenoxy) is 1. The van der Waals surface area contributed by atoms with Crippen LogP contribution < -0.4 is 14.5 Å². The van der Waals surface area contributed by atoms with Gasteiger partial charge in [-0.3, -0.25) is 0 Å². The first-order valence-electron chi connectivity index (χ1n) is 32.3. The van der Waals surface area contributed by atoms with Gasteiger partial charge in [0.2, 0.25) is 0 Å². The van der Waals surface area contributed by atoms with E-state index in [1.54, 1.807) is 0 Å². The summed E-state index contributed by atoms with van der Waals surface area (Å²) in [6.07, 6.45) is 2.06. The summed E-state index contributed by atoms with van der Waals surface area (Å²) >= 11 is 2.54. The Kier molecular flexibility index (Phi) is 15.5. The monoisotopic (exact) mass is 1400 g/mol. The van der Waals surface area contributed by atoms with E-state index in [9.17, 15) is 0 Å². The average Bonchev–Trinajstić information content (AvgIpc) is 0.846. The summed E-state index contributed by atoms with van der Waals surface area (Å²) in [7, 11) is 0. The van der Waals surface area contributed by atoms with Crippen LogP contribution in [0.4, 0.5) is 34.3 Å². The van der Waals surface area contributed by atoms with E-state index in [0.29, 0.717) is 5.75 Å². The average molecular weight is 1400 g/mol. The molecule has 2 aromatic heterocycles.